The molecule has 3 atom stereocenters. The Labute approximate surface area is 218 Å². The molecule has 0 radical (unpaired) electrons. The molecule has 2 aromatic carbocycles. The normalized spacial score (nSPS) is 17.9. The number of rotatable bonds is 11. The number of aliphatic hydroxyl groups excluding tert-OH is 1. The van der Waals surface area contributed by atoms with Crippen molar-refractivity contribution in [1.82, 2.24) is 14.9 Å². The molecule has 0 saturated heterocycles. The average Bonchev–Trinajstić information content (AvgIpc) is 3.13. The van der Waals surface area contributed by atoms with Crippen molar-refractivity contribution in [2.24, 2.45) is 5.92 Å². The quantitative estimate of drug-likeness (QED) is 0.334. The summed E-state index contributed by atoms with van der Waals surface area (Å²) in [6, 6.07) is 10.3. The fourth-order valence-electron chi connectivity index (χ4n) is 3.82. The predicted molar refractivity (Wildman–Crippen MR) is 138 cm³/mol. The number of hydrogen-bond donors (Lipinski definition) is 3. The lowest BCUT2D eigenvalue weighted by Gasteiger charge is -2.35. The number of halogens is 3. The lowest BCUT2D eigenvalue weighted by Crippen LogP contribution is -2.54. The van der Waals surface area contributed by atoms with Gasteiger partial charge in [0.2, 0.25) is 16.4 Å². The van der Waals surface area contributed by atoms with Crippen LogP contribution in [0.4, 0.5) is 8.78 Å². The van der Waals surface area contributed by atoms with Gasteiger partial charge in [0.1, 0.15) is 17.4 Å². The van der Waals surface area contributed by atoms with Gasteiger partial charge in [-0.25, -0.2) is 17.2 Å². The molecule has 192 valence electrons. The SMILES string of the molecule is CC(C)C1=CN([C@@H](Cc2cc(F)cc(F)c2)[C@H](O)CNCc2cccc(I)c2)C(NS(C)(=O)=O)O1. The minimum Gasteiger partial charge on any atom is -0.459 e. The lowest BCUT2D eigenvalue weighted by molar-refractivity contribution is -0.0289. The average molecular weight is 621 g/mol. The molecule has 3 N–H and O–H groups in total. The fraction of sp³-hybridized carbons (Fsp3) is 0.417. The molecule has 1 heterocycles. The summed E-state index contributed by atoms with van der Waals surface area (Å²) in [5.41, 5.74) is 1.37. The van der Waals surface area contributed by atoms with Crippen LogP contribution >= 0.6 is 22.6 Å². The van der Waals surface area contributed by atoms with Crippen molar-refractivity contribution in [2.75, 3.05) is 12.8 Å². The molecular formula is C24H30F2IN3O4S. The Balaban J connectivity index is 1.86. The van der Waals surface area contributed by atoms with Crippen LogP contribution in [0, 0.1) is 21.1 Å². The third-order valence-corrected chi connectivity index (χ3v) is 6.75. The Morgan fingerprint density at radius 1 is 1.14 bits per heavy atom. The van der Waals surface area contributed by atoms with E-state index in [4.69, 9.17) is 4.74 Å². The Bertz CT molecular complexity index is 1140. The van der Waals surface area contributed by atoms with Gasteiger partial charge in [0.25, 0.3) is 0 Å². The topological polar surface area (TPSA) is 90.9 Å². The molecule has 1 aliphatic rings. The Kier molecular flexibility index (Phi) is 9.49. The summed E-state index contributed by atoms with van der Waals surface area (Å²) >= 11 is 2.22. The van der Waals surface area contributed by atoms with E-state index in [1.165, 1.54) is 12.1 Å². The maximum Gasteiger partial charge on any atom is 0.242 e. The van der Waals surface area contributed by atoms with E-state index in [-0.39, 0.29) is 18.9 Å². The van der Waals surface area contributed by atoms with E-state index in [2.05, 4.69) is 32.6 Å². The van der Waals surface area contributed by atoms with E-state index >= 15 is 0 Å². The van der Waals surface area contributed by atoms with E-state index in [9.17, 15) is 22.3 Å². The predicted octanol–water partition coefficient (Wildman–Crippen LogP) is 3.29. The van der Waals surface area contributed by atoms with E-state index in [1.807, 2.05) is 38.1 Å². The van der Waals surface area contributed by atoms with E-state index in [1.54, 1.807) is 11.1 Å². The number of hydrogen-bond acceptors (Lipinski definition) is 6. The molecule has 0 spiro atoms. The molecular weight excluding hydrogens is 591 g/mol. The molecule has 0 aliphatic carbocycles. The van der Waals surface area contributed by atoms with Gasteiger partial charge in [-0.2, -0.15) is 4.72 Å². The van der Waals surface area contributed by atoms with Crippen molar-refractivity contribution in [3.8, 4) is 0 Å². The molecule has 1 aliphatic heterocycles. The highest BCUT2D eigenvalue weighted by molar-refractivity contribution is 14.1. The molecule has 0 saturated carbocycles. The Morgan fingerprint density at radius 3 is 2.43 bits per heavy atom. The summed E-state index contributed by atoms with van der Waals surface area (Å²) in [6.07, 6.45) is 0.582. The second kappa shape index (κ2) is 12.0. The van der Waals surface area contributed by atoms with Crippen LogP contribution in [-0.2, 0) is 27.7 Å². The minimum atomic E-state index is -3.66. The van der Waals surface area contributed by atoms with Crippen LogP contribution < -0.4 is 10.0 Å². The first-order valence-corrected chi connectivity index (χ1v) is 14.1. The number of ether oxygens (including phenoxy) is 1. The minimum absolute atomic E-state index is 0.0491. The van der Waals surface area contributed by atoms with Crippen LogP contribution in [-0.4, -0.2) is 49.7 Å². The van der Waals surface area contributed by atoms with Gasteiger partial charge in [-0.3, -0.25) is 0 Å². The van der Waals surface area contributed by atoms with Crippen molar-refractivity contribution in [2.45, 2.75) is 45.3 Å². The smallest absolute Gasteiger partial charge is 0.242 e. The summed E-state index contributed by atoms with van der Waals surface area (Å²) in [7, 11) is -3.66. The first-order valence-electron chi connectivity index (χ1n) is 11.1. The molecule has 0 amide bonds. The van der Waals surface area contributed by atoms with Crippen LogP contribution in [0.2, 0.25) is 0 Å². The summed E-state index contributed by atoms with van der Waals surface area (Å²) < 4.78 is 61.1. The number of sulfonamides is 1. The molecule has 0 aromatic heterocycles. The molecule has 0 bridgehead atoms. The number of aliphatic hydroxyl groups is 1. The standard InChI is InChI=1S/C24H30F2IN3O4S/c1-15(2)23-14-30(24(34-23)29-35(3,32)33)21(10-17-7-18(25)11-19(26)8-17)22(31)13-28-12-16-5-4-6-20(27)9-16/h4-9,11,14-15,21-22,24,28-29,31H,10,12-13H2,1-3H3/t21-,22+,24?/m0/s1. The van der Waals surface area contributed by atoms with Crippen LogP contribution in [0.25, 0.3) is 0 Å². The van der Waals surface area contributed by atoms with Crippen molar-refractivity contribution in [3.05, 3.63) is 80.8 Å². The van der Waals surface area contributed by atoms with Gasteiger partial charge in [0.15, 0.2) is 0 Å². The lowest BCUT2D eigenvalue weighted by atomic mass is 9.99. The summed E-state index contributed by atoms with van der Waals surface area (Å²) in [4.78, 5) is 1.57. The molecule has 7 nitrogen and oxygen atoms in total. The highest BCUT2D eigenvalue weighted by atomic mass is 127. The molecule has 0 fully saturated rings. The second-order valence-corrected chi connectivity index (χ2v) is 11.9. The van der Waals surface area contributed by atoms with Crippen LogP contribution in [0.3, 0.4) is 0 Å². The highest BCUT2D eigenvalue weighted by Crippen LogP contribution is 2.28. The maximum absolute atomic E-state index is 13.9. The highest BCUT2D eigenvalue weighted by Gasteiger charge is 2.37. The van der Waals surface area contributed by atoms with Crippen LogP contribution in [0.15, 0.2) is 54.4 Å². The Hall–Kier alpha value is -1.80. The van der Waals surface area contributed by atoms with Crippen molar-refractivity contribution in [3.63, 3.8) is 0 Å². The molecule has 35 heavy (non-hydrogen) atoms. The number of nitrogens with zero attached hydrogens (tertiary/aromatic N) is 1. The first-order chi connectivity index (χ1) is 16.4. The monoisotopic (exact) mass is 621 g/mol. The largest absolute Gasteiger partial charge is 0.459 e. The van der Waals surface area contributed by atoms with E-state index in [0.717, 1.165) is 21.5 Å². The number of allylic oxidation sites excluding steroid dienone is 1. The van der Waals surface area contributed by atoms with E-state index < -0.39 is 40.2 Å². The molecule has 3 rings (SSSR count). The van der Waals surface area contributed by atoms with Crippen molar-refractivity contribution in [1.29, 1.82) is 0 Å². The number of nitrogens with one attached hydrogen (secondary N) is 2. The van der Waals surface area contributed by atoms with Gasteiger partial charge in [-0.1, -0.05) is 26.0 Å². The fourth-order valence-corrected chi connectivity index (χ4v) is 4.96. The summed E-state index contributed by atoms with van der Waals surface area (Å²) in [6.45, 7) is 4.44. The molecule has 11 heteroatoms. The van der Waals surface area contributed by atoms with Crippen LogP contribution in [0.5, 0.6) is 0 Å². The third kappa shape index (κ3) is 8.38. The van der Waals surface area contributed by atoms with Gasteiger partial charge in [0.05, 0.1) is 18.4 Å². The first kappa shape index (κ1) is 27.8. The van der Waals surface area contributed by atoms with Gasteiger partial charge in [0, 0.05) is 34.8 Å². The zero-order valence-electron chi connectivity index (χ0n) is 19.7. The van der Waals surface area contributed by atoms with Gasteiger partial charge >= 0.3 is 0 Å². The van der Waals surface area contributed by atoms with Gasteiger partial charge in [-0.05, 0) is 64.4 Å². The van der Waals surface area contributed by atoms with Crippen molar-refractivity contribution >= 4 is 32.6 Å². The summed E-state index contributed by atoms with van der Waals surface area (Å²) in [5, 5.41) is 14.4. The summed E-state index contributed by atoms with van der Waals surface area (Å²) in [5.74, 6) is -0.980. The zero-order valence-corrected chi connectivity index (χ0v) is 22.7. The second-order valence-electron chi connectivity index (χ2n) is 8.87. The third-order valence-electron chi connectivity index (χ3n) is 5.44. The van der Waals surface area contributed by atoms with Crippen LogP contribution in [0.1, 0.15) is 25.0 Å². The molecule has 2 aromatic rings. The van der Waals surface area contributed by atoms with Gasteiger partial charge < -0.3 is 20.1 Å². The van der Waals surface area contributed by atoms with Gasteiger partial charge in [-0.15, -0.1) is 0 Å². The van der Waals surface area contributed by atoms with E-state index in [0.29, 0.717) is 17.9 Å². The zero-order chi connectivity index (χ0) is 25.8. The Morgan fingerprint density at radius 2 is 1.83 bits per heavy atom. The number of benzene rings is 2. The van der Waals surface area contributed by atoms with Crippen molar-refractivity contribution < 1.29 is 27.0 Å². The molecule has 1 unspecified atom stereocenters. The maximum atomic E-state index is 13.9.